The van der Waals surface area contributed by atoms with E-state index in [9.17, 15) is 0 Å². The second-order valence-electron chi connectivity index (χ2n) is 3.74. The van der Waals surface area contributed by atoms with Crippen LogP contribution in [-0.4, -0.2) is 23.6 Å². The highest BCUT2D eigenvalue weighted by atomic mass is 35.5. The molecule has 0 aliphatic rings. The lowest BCUT2D eigenvalue weighted by Crippen LogP contribution is -1.97. The van der Waals surface area contributed by atoms with Gasteiger partial charge in [0.05, 0.1) is 28.5 Å². The third kappa shape index (κ3) is 3.08. The van der Waals surface area contributed by atoms with Crippen molar-refractivity contribution in [1.82, 2.24) is 9.97 Å². The number of halogens is 2. The molecular formula is C13H13Cl2N3O. The molecule has 0 aromatic carbocycles. The van der Waals surface area contributed by atoms with Gasteiger partial charge in [-0.05, 0) is 19.1 Å². The van der Waals surface area contributed by atoms with Crippen LogP contribution in [0.5, 0.6) is 5.75 Å². The molecule has 4 nitrogen and oxygen atoms in total. The van der Waals surface area contributed by atoms with Crippen LogP contribution in [0.3, 0.4) is 0 Å². The number of nitrogens with one attached hydrogen (secondary N) is 1. The van der Waals surface area contributed by atoms with Crippen molar-refractivity contribution in [2.24, 2.45) is 0 Å². The molecule has 0 spiro atoms. The molecule has 1 N–H and O–H groups in total. The molecule has 100 valence electrons. The van der Waals surface area contributed by atoms with Gasteiger partial charge < -0.3 is 10.1 Å². The lowest BCUT2D eigenvalue weighted by Gasteiger charge is -2.09. The Hall–Kier alpha value is -1.52. The normalized spacial score (nSPS) is 10.3. The lowest BCUT2D eigenvalue weighted by molar-refractivity contribution is 0.339. The topological polar surface area (TPSA) is 47.0 Å². The van der Waals surface area contributed by atoms with Crippen LogP contribution in [0, 0.1) is 0 Å². The Morgan fingerprint density at radius 3 is 2.68 bits per heavy atom. The number of ether oxygens (including phenoxy) is 1. The standard InChI is InChI=1S/C13H13Cl2N3O/c1-3-19-9-4-8(6-17-7-9)12-10(14)5-11(15)13(16-2)18-12/h4-7H,3H2,1-2H3,(H,16,18). The quantitative estimate of drug-likeness (QED) is 0.930. The van der Waals surface area contributed by atoms with Gasteiger partial charge in [0, 0.05) is 18.8 Å². The monoisotopic (exact) mass is 297 g/mol. The number of hydrogen-bond acceptors (Lipinski definition) is 4. The Balaban J connectivity index is 2.48. The molecule has 2 aromatic heterocycles. The van der Waals surface area contributed by atoms with Gasteiger partial charge in [-0.15, -0.1) is 0 Å². The lowest BCUT2D eigenvalue weighted by atomic mass is 10.2. The smallest absolute Gasteiger partial charge is 0.145 e. The first-order valence-corrected chi connectivity index (χ1v) is 6.53. The zero-order valence-corrected chi connectivity index (χ0v) is 12.1. The first-order chi connectivity index (χ1) is 9.15. The Morgan fingerprint density at radius 2 is 2.00 bits per heavy atom. The highest BCUT2D eigenvalue weighted by Crippen LogP contribution is 2.33. The second kappa shape index (κ2) is 6.08. The SMILES string of the molecule is CCOc1cncc(-c2nc(NC)c(Cl)cc2Cl)c1. The summed E-state index contributed by atoms with van der Waals surface area (Å²) in [6.07, 6.45) is 3.33. The highest BCUT2D eigenvalue weighted by Gasteiger charge is 2.11. The fourth-order valence-electron chi connectivity index (χ4n) is 1.64. The number of rotatable bonds is 4. The summed E-state index contributed by atoms with van der Waals surface area (Å²) in [6, 6.07) is 3.50. The van der Waals surface area contributed by atoms with Gasteiger partial charge in [0.15, 0.2) is 0 Å². The fourth-order valence-corrected chi connectivity index (χ4v) is 2.20. The molecule has 0 saturated heterocycles. The van der Waals surface area contributed by atoms with E-state index in [1.807, 2.05) is 13.0 Å². The molecule has 0 unspecified atom stereocenters. The maximum Gasteiger partial charge on any atom is 0.145 e. The Bertz CT molecular complexity index is 590. The van der Waals surface area contributed by atoms with Gasteiger partial charge in [0.1, 0.15) is 11.6 Å². The van der Waals surface area contributed by atoms with Crippen molar-refractivity contribution in [3.05, 3.63) is 34.6 Å². The summed E-state index contributed by atoms with van der Waals surface area (Å²) < 4.78 is 5.41. The van der Waals surface area contributed by atoms with Crippen LogP contribution >= 0.6 is 23.2 Å². The molecule has 0 fully saturated rings. The van der Waals surface area contributed by atoms with Crippen molar-refractivity contribution >= 4 is 29.0 Å². The summed E-state index contributed by atoms with van der Waals surface area (Å²) in [4.78, 5) is 8.51. The van der Waals surface area contributed by atoms with Gasteiger partial charge in [-0.3, -0.25) is 4.98 Å². The summed E-state index contributed by atoms with van der Waals surface area (Å²) in [6.45, 7) is 2.49. The molecule has 2 aromatic rings. The minimum absolute atomic E-state index is 0.472. The second-order valence-corrected chi connectivity index (χ2v) is 4.56. The molecule has 19 heavy (non-hydrogen) atoms. The van der Waals surface area contributed by atoms with E-state index in [4.69, 9.17) is 27.9 Å². The van der Waals surface area contributed by atoms with Gasteiger partial charge in [-0.2, -0.15) is 0 Å². The first-order valence-electron chi connectivity index (χ1n) is 5.77. The molecule has 6 heteroatoms. The maximum absolute atomic E-state index is 6.18. The fraction of sp³-hybridized carbons (Fsp3) is 0.231. The molecule has 0 aliphatic heterocycles. The van der Waals surface area contributed by atoms with Gasteiger partial charge in [0.2, 0.25) is 0 Å². The molecule has 0 amide bonds. The van der Waals surface area contributed by atoms with Gasteiger partial charge in [-0.25, -0.2) is 4.98 Å². The molecule has 2 heterocycles. The minimum atomic E-state index is 0.472. The molecule has 0 saturated carbocycles. The average Bonchev–Trinajstić information content (AvgIpc) is 2.39. The molecular weight excluding hydrogens is 285 g/mol. The summed E-state index contributed by atoms with van der Waals surface area (Å²) >= 11 is 12.2. The van der Waals surface area contributed by atoms with E-state index >= 15 is 0 Å². The van der Waals surface area contributed by atoms with Gasteiger partial charge in [0.25, 0.3) is 0 Å². The van der Waals surface area contributed by atoms with Crippen molar-refractivity contribution in [3.63, 3.8) is 0 Å². The van der Waals surface area contributed by atoms with E-state index in [0.29, 0.717) is 33.9 Å². The van der Waals surface area contributed by atoms with E-state index in [1.54, 1.807) is 25.5 Å². The Morgan fingerprint density at radius 1 is 1.21 bits per heavy atom. The van der Waals surface area contributed by atoms with Crippen LogP contribution in [0.1, 0.15) is 6.92 Å². The predicted octanol–water partition coefficient (Wildman–Crippen LogP) is 3.89. The van der Waals surface area contributed by atoms with Gasteiger partial charge >= 0.3 is 0 Å². The van der Waals surface area contributed by atoms with Crippen molar-refractivity contribution in [2.45, 2.75) is 6.92 Å². The summed E-state index contributed by atoms with van der Waals surface area (Å²) in [7, 11) is 1.75. The van der Waals surface area contributed by atoms with Crippen molar-refractivity contribution in [2.75, 3.05) is 19.0 Å². The Labute approximate surface area is 121 Å². The van der Waals surface area contributed by atoms with Crippen molar-refractivity contribution in [1.29, 1.82) is 0 Å². The number of nitrogens with zero attached hydrogens (tertiary/aromatic N) is 2. The number of hydrogen-bond donors (Lipinski definition) is 1. The van der Waals surface area contributed by atoms with E-state index in [2.05, 4.69) is 15.3 Å². The van der Waals surface area contributed by atoms with E-state index in [1.165, 1.54) is 0 Å². The molecule has 0 atom stereocenters. The van der Waals surface area contributed by atoms with Crippen LogP contribution in [0.2, 0.25) is 10.0 Å². The number of anilines is 1. The molecule has 0 aliphatic carbocycles. The van der Waals surface area contributed by atoms with E-state index < -0.39 is 0 Å². The average molecular weight is 298 g/mol. The van der Waals surface area contributed by atoms with E-state index in [0.717, 1.165) is 5.56 Å². The zero-order valence-electron chi connectivity index (χ0n) is 10.6. The van der Waals surface area contributed by atoms with Crippen LogP contribution in [0.15, 0.2) is 24.5 Å². The zero-order chi connectivity index (χ0) is 13.8. The van der Waals surface area contributed by atoms with Gasteiger partial charge in [-0.1, -0.05) is 23.2 Å². The third-order valence-corrected chi connectivity index (χ3v) is 3.04. The highest BCUT2D eigenvalue weighted by molar-refractivity contribution is 6.37. The largest absolute Gasteiger partial charge is 0.492 e. The van der Waals surface area contributed by atoms with Crippen LogP contribution < -0.4 is 10.1 Å². The van der Waals surface area contributed by atoms with Crippen LogP contribution in [0.25, 0.3) is 11.3 Å². The third-order valence-electron chi connectivity index (χ3n) is 2.46. The predicted molar refractivity (Wildman–Crippen MR) is 78.2 cm³/mol. The number of pyridine rings is 2. The summed E-state index contributed by atoms with van der Waals surface area (Å²) in [5.74, 6) is 1.25. The van der Waals surface area contributed by atoms with E-state index in [-0.39, 0.29) is 0 Å². The number of aromatic nitrogens is 2. The van der Waals surface area contributed by atoms with Crippen LogP contribution in [0.4, 0.5) is 5.82 Å². The molecule has 0 bridgehead atoms. The summed E-state index contributed by atoms with van der Waals surface area (Å²) in [5, 5.41) is 3.87. The van der Waals surface area contributed by atoms with Crippen molar-refractivity contribution in [3.8, 4) is 17.0 Å². The molecule has 2 rings (SSSR count). The summed E-state index contributed by atoms with van der Waals surface area (Å²) in [5.41, 5.74) is 1.40. The molecule has 0 radical (unpaired) electrons. The first kappa shape index (κ1) is 13.9. The van der Waals surface area contributed by atoms with Crippen LogP contribution in [-0.2, 0) is 0 Å². The minimum Gasteiger partial charge on any atom is -0.492 e. The Kier molecular flexibility index (Phi) is 4.45. The van der Waals surface area contributed by atoms with Crippen molar-refractivity contribution < 1.29 is 4.74 Å². The maximum atomic E-state index is 6.18.